The van der Waals surface area contributed by atoms with Crippen LogP contribution in [0.25, 0.3) is 0 Å². The van der Waals surface area contributed by atoms with Crippen LogP contribution in [-0.4, -0.2) is 11.7 Å². The minimum Gasteiger partial charge on any atom is -0.478 e. The van der Waals surface area contributed by atoms with E-state index in [1.807, 2.05) is 36.4 Å². The number of ketones is 1. The highest BCUT2D eigenvalue weighted by Crippen LogP contribution is 2.34. The molecule has 106 valence electrons. The molecule has 4 nitrogen and oxygen atoms in total. The normalized spacial score (nSPS) is 16.8. The first kappa shape index (κ1) is 13.4. The van der Waals surface area contributed by atoms with Crippen LogP contribution in [0.2, 0.25) is 0 Å². The fourth-order valence-corrected chi connectivity index (χ4v) is 2.45. The average Bonchev–Trinajstić information content (AvgIpc) is 2.47. The van der Waals surface area contributed by atoms with Crippen LogP contribution >= 0.6 is 0 Å². The summed E-state index contributed by atoms with van der Waals surface area (Å²) in [5.41, 5.74) is 2.36. The highest BCUT2D eigenvalue weighted by molar-refractivity contribution is 5.91. The molecule has 2 aromatic carbocycles. The van der Waals surface area contributed by atoms with Crippen LogP contribution in [0.3, 0.4) is 0 Å². The molecule has 1 amide bonds. The van der Waals surface area contributed by atoms with E-state index < -0.39 is 6.10 Å². The van der Waals surface area contributed by atoms with Gasteiger partial charge in [-0.05, 0) is 11.6 Å². The first-order chi connectivity index (χ1) is 10.1. The number of carbonyl (C=O) groups is 2. The maximum atomic E-state index is 12.2. The van der Waals surface area contributed by atoms with Crippen LogP contribution in [0.1, 0.15) is 24.2 Å². The summed E-state index contributed by atoms with van der Waals surface area (Å²) in [7, 11) is 0. The standard InChI is InChI=1S/C17H15NO3/c1-11(19)18-14-8-7-13-9-15(20)17(21-16(13)10-14)12-5-3-2-4-6-12/h2-8,10,17H,9H2,1H3,(H,18,19). The number of anilines is 1. The van der Waals surface area contributed by atoms with Gasteiger partial charge in [0.15, 0.2) is 11.9 Å². The lowest BCUT2D eigenvalue weighted by Gasteiger charge is -2.25. The van der Waals surface area contributed by atoms with Crippen molar-refractivity contribution in [2.45, 2.75) is 19.4 Å². The number of rotatable bonds is 2. The van der Waals surface area contributed by atoms with Gasteiger partial charge in [0, 0.05) is 30.7 Å². The van der Waals surface area contributed by atoms with E-state index in [4.69, 9.17) is 4.74 Å². The second-order valence-corrected chi connectivity index (χ2v) is 5.06. The highest BCUT2D eigenvalue weighted by atomic mass is 16.5. The Hall–Kier alpha value is -2.62. The Morgan fingerprint density at radius 1 is 1.19 bits per heavy atom. The van der Waals surface area contributed by atoms with Crippen molar-refractivity contribution >= 4 is 17.4 Å². The first-order valence-electron chi connectivity index (χ1n) is 6.78. The summed E-state index contributed by atoms with van der Waals surface area (Å²) in [5.74, 6) is 0.553. The zero-order chi connectivity index (χ0) is 14.8. The molecule has 3 rings (SSSR count). The van der Waals surface area contributed by atoms with Crippen LogP contribution in [0, 0.1) is 0 Å². The summed E-state index contributed by atoms with van der Waals surface area (Å²) >= 11 is 0. The largest absolute Gasteiger partial charge is 0.478 e. The molecule has 0 aliphatic carbocycles. The number of hydrogen-bond donors (Lipinski definition) is 1. The minimum absolute atomic E-state index is 0.0426. The number of ether oxygens (including phenoxy) is 1. The van der Waals surface area contributed by atoms with Crippen LogP contribution in [0.4, 0.5) is 5.69 Å². The van der Waals surface area contributed by atoms with E-state index >= 15 is 0 Å². The number of hydrogen-bond acceptors (Lipinski definition) is 3. The van der Waals surface area contributed by atoms with Crippen LogP contribution in [0.5, 0.6) is 5.75 Å². The summed E-state index contributed by atoms with van der Waals surface area (Å²) < 4.78 is 5.85. The fraction of sp³-hybridized carbons (Fsp3) is 0.176. The van der Waals surface area contributed by atoms with Gasteiger partial charge in [-0.15, -0.1) is 0 Å². The van der Waals surface area contributed by atoms with Gasteiger partial charge < -0.3 is 10.1 Å². The quantitative estimate of drug-likeness (QED) is 0.921. The van der Waals surface area contributed by atoms with E-state index in [-0.39, 0.29) is 11.7 Å². The van der Waals surface area contributed by atoms with E-state index in [1.165, 1.54) is 6.92 Å². The van der Waals surface area contributed by atoms with Gasteiger partial charge in [-0.3, -0.25) is 9.59 Å². The van der Waals surface area contributed by atoms with Crippen molar-refractivity contribution in [3.05, 3.63) is 59.7 Å². The Morgan fingerprint density at radius 3 is 2.67 bits per heavy atom. The van der Waals surface area contributed by atoms with Gasteiger partial charge in [-0.1, -0.05) is 36.4 Å². The number of benzene rings is 2. The van der Waals surface area contributed by atoms with Crippen LogP contribution < -0.4 is 10.1 Å². The number of carbonyl (C=O) groups excluding carboxylic acids is 2. The van der Waals surface area contributed by atoms with Gasteiger partial charge in [0.2, 0.25) is 5.91 Å². The summed E-state index contributed by atoms with van der Waals surface area (Å²) in [4.78, 5) is 23.3. The molecule has 0 bridgehead atoms. The minimum atomic E-state index is -0.578. The molecule has 1 aliphatic rings. The molecule has 0 fully saturated rings. The molecule has 1 N–H and O–H groups in total. The maximum Gasteiger partial charge on any atom is 0.221 e. The number of amides is 1. The fourth-order valence-electron chi connectivity index (χ4n) is 2.45. The molecule has 0 aromatic heterocycles. The molecule has 1 heterocycles. The lowest BCUT2D eigenvalue weighted by molar-refractivity contribution is -0.126. The van der Waals surface area contributed by atoms with Crippen LogP contribution in [0.15, 0.2) is 48.5 Å². The predicted octanol–water partition coefficient (Wildman–Crippen LogP) is 2.89. The molecule has 1 atom stereocenters. The topological polar surface area (TPSA) is 55.4 Å². The Labute approximate surface area is 122 Å². The smallest absolute Gasteiger partial charge is 0.221 e. The van der Waals surface area contributed by atoms with E-state index in [2.05, 4.69) is 5.32 Å². The Bertz CT molecular complexity index is 694. The molecule has 1 unspecified atom stereocenters. The van der Waals surface area contributed by atoms with Crippen molar-refractivity contribution in [1.29, 1.82) is 0 Å². The third-order valence-electron chi connectivity index (χ3n) is 3.39. The lowest BCUT2D eigenvalue weighted by Crippen LogP contribution is -2.25. The van der Waals surface area contributed by atoms with Gasteiger partial charge in [0.25, 0.3) is 0 Å². The zero-order valence-electron chi connectivity index (χ0n) is 11.6. The van der Waals surface area contributed by atoms with Gasteiger partial charge in [0.05, 0.1) is 0 Å². The van der Waals surface area contributed by atoms with E-state index in [9.17, 15) is 9.59 Å². The molecule has 0 spiro atoms. The number of nitrogens with one attached hydrogen (secondary N) is 1. The van der Waals surface area contributed by atoms with Crippen molar-refractivity contribution in [3.8, 4) is 5.75 Å². The zero-order valence-corrected chi connectivity index (χ0v) is 11.6. The van der Waals surface area contributed by atoms with E-state index in [0.717, 1.165) is 11.1 Å². The monoisotopic (exact) mass is 281 g/mol. The van der Waals surface area contributed by atoms with Gasteiger partial charge in [-0.25, -0.2) is 0 Å². The molecular formula is C17H15NO3. The Balaban J connectivity index is 1.91. The second-order valence-electron chi connectivity index (χ2n) is 5.06. The highest BCUT2D eigenvalue weighted by Gasteiger charge is 2.29. The average molecular weight is 281 g/mol. The lowest BCUT2D eigenvalue weighted by atomic mass is 9.96. The van der Waals surface area contributed by atoms with E-state index in [1.54, 1.807) is 12.1 Å². The van der Waals surface area contributed by atoms with Gasteiger partial charge >= 0.3 is 0 Å². The predicted molar refractivity (Wildman–Crippen MR) is 79.3 cm³/mol. The van der Waals surface area contributed by atoms with Crippen molar-refractivity contribution < 1.29 is 14.3 Å². The number of fused-ring (bicyclic) bond motifs is 1. The SMILES string of the molecule is CC(=O)Nc1ccc2c(c1)OC(c1ccccc1)C(=O)C2. The van der Waals surface area contributed by atoms with E-state index in [0.29, 0.717) is 17.9 Å². The molecule has 1 aliphatic heterocycles. The van der Waals surface area contributed by atoms with Crippen molar-refractivity contribution in [3.63, 3.8) is 0 Å². The molecular weight excluding hydrogens is 266 g/mol. The molecule has 4 heteroatoms. The Morgan fingerprint density at radius 2 is 1.95 bits per heavy atom. The Kier molecular flexibility index (Phi) is 3.44. The third-order valence-corrected chi connectivity index (χ3v) is 3.39. The van der Waals surface area contributed by atoms with Gasteiger partial charge in [-0.2, -0.15) is 0 Å². The van der Waals surface area contributed by atoms with Crippen molar-refractivity contribution in [2.24, 2.45) is 0 Å². The van der Waals surface area contributed by atoms with Crippen molar-refractivity contribution in [2.75, 3.05) is 5.32 Å². The summed E-state index contributed by atoms with van der Waals surface area (Å²) in [5, 5.41) is 2.72. The van der Waals surface area contributed by atoms with Gasteiger partial charge in [0.1, 0.15) is 5.75 Å². The number of Topliss-reactive ketones (excluding diaryl/α,β-unsaturated/α-hetero) is 1. The molecule has 0 saturated heterocycles. The summed E-state index contributed by atoms with van der Waals surface area (Å²) in [6.45, 7) is 1.45. The maximum absolute atomic E-state index is 12.2. The molecule has 0 radical (unpaired) electrons. The molecule has 0 saturated carbocycles. The molecule has 2 aromatic rings. The summed E-state index contributed by atoms with van der Waals surface area (Å²) in [6, 6.07) is 14.8. The third kappa shape index (κ3) is 2.79. The first-order valence-corrected chi connectivity index (χ1v) is 6.78. The van der Waals surface area contributed by atoms with Crippen LogP contribution in [-0.2, 0) is 16.0 Å². The molecule has 21 heavy (non-hydrogen) atoms. The second kappa shape index (κ2) is 5.40. The summed E-state index contributed by atoms with van der Waals surface area (Å²) in [6.07, 6.45) is -0.235. The van der Waals surface area contributed by atoms with Crippen molar-refractivity contribution in [1.82, 2.24) is 0 Å².